The minimum Gasteiger partial charge on any atom is -0.481 e. The zero-order valence-electron chi connectivity index (χ0n) is 12.1. The zero-order chi connectivity index (χ0) is 14.5. The minimum atomic E-state index is 0.0967. The molecule has 1 unspecified atom stereocenters. The third kappa shape index (κ3) is 3.22. The second-order valence-corrected chi connectivity index (χ2v) is 4.92. The van der Waals surface area contributed by atoms with E-state index in [0.29, 0.717) is 31.3 Å². The summed E-state index contributed by atoms with van der Waals surface area (Å²) in [4.78, 5) is 9.09. The van der Waals surface area contributed by atoms with Crippen molar-refractivity contribution in [3.63, 3.8) is 0 Å². The first kappa shape index (κ1) is 15.1. The molecule has 0 bridgehead atoms. The smallest absolute Gasteiger partial charge is 0.215 e. The lowest BCUT2D eigenvalue weighted by Crippen LogP contribution is -2.18. The van der Waals surface area contributed by atoms with Crippen molar-refractivity contribution in [2.24, 2.45) is 0 Å². The van der Waals surface area contributed by atoms with Gasteiger partial charge in [0.25, 0.3) is 0 Å². The Morgan fingerprint density at radius 3 is 2.80 bits per heavy atom. The number of fused-ring (bicyclic) bond motifs is 1. The van der Waals surface area contributed by atoms with Gasteiger partial charge in [-0.3, -0.25) is 0 Å². The van der Waals surface area contributed by atoms with E-state index in [-0.39, 0.29) is 6.10 Å². The lowest BCUT2D eigenvalue weighted by Gasteiger charge is -2.14. The van der Waals surface area contributed by atoms with Crippen LogP contribution in [0.25, 0.3) is 11.2 Å². The van der Waals surface area contributed by atoms with Crippen molar-refractivity contribution >= 4 is 22.8 Å². The molecule has 0 spiro atoms. The molecule has 0 aliphatic carbocycles. The lowest BCUT2D eigenvalue weighted by atomic mass is 10.3. The van der Waals surface area contributed by atoms with E-state index in [2.05, 4.69) is 14.5 Å². The molecule has 0 aliphatic rings. The Morgan fingerprint density at radius 2 is 2.15 bits per heavy atom. The van der Waals surface area contributed by atoms with Crippen LogP contribution < -0.4 is 4.74 Å². The van der Waals surface area contributed by atoms with Crippen molar-refractivity contribution in [1.82, 2.24) is 14.5 Å². The molecule has 0 saturated heterocycles. The Bertz CT molecular complexity index is 571. The van der Waals surface area contributed by atoms with E-state index in [0.717, 1.165) is 17.0 Å². The highest BCUT2D eigenvalue weighted by molar-refractivity contribution is 6.17. The normalized spacial score (nSPS) is 12.8. The summed E-state index contributed by atoms with van der Waals surface area (Å²) in [5.41, 5.74) is 1.67. The highest BCUT2D eigenvalue weighted by atomic mass is 35.5. The minimum absolute atomic E-state index is 0.0967. The molecular weight excluding hydrogens is 278 g/mol. The summed E-state index contributed by atoms with van der Waals surface area (Å²) in [6, 6.07) is 3.73. The molecule has 0 radical (unpaired) electrons. The molecule has 0 N–H and O–H groups in total. The average molecular weight is 298 g/mol. The number of aromatic nitrogens is 3. The van der Waals surface area contributed by atoms with E-state index >= 15 is 0 Å². The van der Waals surface area contributed by atoms with E-state index in [4.69, 9.17) is 21.1 Å². The Hall–Kier alpha value is -1.33. The fraction of sp³-hybridized carbons (Fsp3) is 0.571. The Morgan fingerprint density at radius 1 is 1.35 bits per heavy atom. The van der Waals surface area contributed by atoms with Gasteiger partial charge in [-0.25, -0.2) is 4.98 Å². The highest BCUT2D eigenvalue weighted by Crippen LogP contribution is 2.19. The number of ether oxygens (including phenoxy) is 2. The van der Waals surface area contributed by atoms with Crippen LogP contribution in [0.15, 0.2) is 12.1 Å². The van der Waals surface area contributed by atoms with Gasteiger partial charge in [-0.15, -0.1) is 11.6 Å². The number of nitrogens with zero attached hydrogens (tertiary/aromatic N) is 3. The molecule has 2 aromatic heterocycles. The van der Waals surface area contributed by atoms with Crippen molar-refractivity contribution in [3.8, 4) is 5.88 Å². The maximum Gasteiger partial charge on any atom is 0.215 e. The number of pyridine rings is 1. The Kier molecular flexibility index (Phi) is 5.20. The Balaban J connectivity index is 2.42. The van der Waals surface area contributed by atoms with Crippen LogP contribution in [0, 0.1) is 0 Å². The Labute approximate surface area is 123 Å². The summed E-state index contributed by atoms with van der Waals surface area (Å²) < 4.78 is 12.9. The molecule has 0 fully saturated rings. The van der Waals surface area contributed by atoms with Crippen LogP contribution in [0.3, 0.4) is 0 Å². The second-order valence-electron chi connectivity index (χ2n) is 4.54. The fourth-order valence-electron chi connectivity index (χ4n) is 2.21. The van der Waals surface area contributed by atoms with Crippen molar-refractivity contribution in [1.29, 1.82) is 0 Å². The largest absolute Gasteiger partial charge is 0.481 e. The first-order valence-electron chi connectivity index (χ1n) is 6.77. The highest BCUT2D eigenvalue weighted by Gasteiger charge is 2.15. The topological polar surface area (TPSA) is 49.2 Å². The van der Waals surface area contributed by atoms with Crippen LogP contribution in [-0.2, 0) is 17.7 Å². The number of hydrogen-bond acceptors (Lipinski definition) is 4. The lowest BCUT2D eigenvalue weighted by molar-refractivity contribution is 0.0641. The van der Waals surface area contributed by atoms with Crippen LogP contribution >= 0.6 is 11.6 Å². The summed E-state index contributed by atoms with van der Waals surface area (Å²) in [6.45, 7) is 5.43. The van der Waals surface area contributed by atoms with Gasteiger partial charge < -0.3 is 14.0 Å². The van der Waals surface area contributed by atoms with Gasteiger partial charge in [0.05, 0.1) is 19.8 Å². The number of hydrogen-bond donors (Lipinski definition) is 0. The van der Waals surface area contributed by atoms with Crippen molar-refractivity contribution < 1.29 is 9.47 Å². The van der Waals surface area contributed by atoms with Crippen LogP contribution in [0.1, 0.15) is 19.7 Å². The molecule has 2 rings (SSSR count). The molecule has 6 heteroatoms. The number of halogens is 1. The molecule has 0 aromatic carbocycles. The summed E-state index contributed by atoms with van der Waals surface area (Å²) in [5.74, 6) is 2.05. The van der Waals surface area contributed by atoms with Gasteiger partial charge in [0.2, 0.25) is 5.88 Å². The van der Waals surface area contributed by atoms with Gasteiger partial charge >= 0.3 is 0 Å². The SMILES string of the molecule is CCOC(C)Cn1c(CCCl)nc2ccc(OC)nc21. The molecule has 20 heavy (non-hydrogen) atoms. The van der Waals surface area contributed by atoms with E-state index in [1.165, 1.54) is 0 Å². The second kappa shape index (κ2) is 6.90. The quantitative estimate of drug-likeness (QED) is 0.737. The van der Waals surface area contributed by atoms with Crippen LogP contribution in [-0.4, -0.2) is 40.2 Å². The maximum atomic E-state index is 5.86. The standard InChI is InChI=1S/C14H20ClN3O2/c1-4-20-10(2)9-18-12(7-8-15)16-11-5-6-13(19-3)17-14(11)18/h5-6,10H,4,7-9H2,1-3H3. The van der Waals surface area contributed by atoms with Crippen molar-refractivity contribution in [3.05, 3.63) is 18.0 Å². The summed E-state index contributed by atoms with van der Waals surface area (Å²) >= 11 is 5.86. The van der Waals surface area contributed by atoms with E-state index in [1.54, 1.807) is 7.11 Å². The van der Waals surface area contributed by atoms with Gasteiger partial charge in [-0.05, 0) is 19.9 Å². The summed E-state index contributed by atoms with van der Waals surface area (Å²) in [6.07, 6.45) is 0.804. The predicted octanol–water partition coefficient (Wildman–Crippen LogP) is 2.65. The number of aryl methyl sites for hydroxylation is 1. The van der Waals surface area contributed by atoms with Crippen LogP contribution in [0.4, 0.5) is 0 Å². The number of imidazole rings is 1. The van der Waals surface area contributed by atoms with E-state index in [9.17, 15) is 0 Å². The van der Waals surface area contributed by atoms with E-state index in [1.807, 2.05) is 26.0 Å². The molecule has 110 valence electrons. The molecule has 0 amide bonds. The van der Waals surface area contributed by atoms with Gasteiger partial charge in [0.15, 0.2) is 5.65 Å². The first-order valence-corrected chi connectivity index (χ1v) is 7.30. The fourth-order valence-corrected chi connectivity index (χ4v) is 2.38. The van der Waals surface area contributed by atoms with Gasteiger partial charge in [0.1, 0.15) is 11.3 Å². The summed E-state index contributed by atoms with van der Waals surface area (Å²) in [7, 11) is 1.61. The number of rotatable bonds is 7. The molecule has 5 nitrogen and oxygen atoms in total. The van der Waals surface area contributed by atoms with Crippen LogP contribution in [0.2, 0.25) is 0 Å². The third-order valence-corrected chi connectivity index (χ3v) is 3.25. The van der Waals surface area contributed by atoms with Gasteiger partial charge in [0, 0.05) is 25.0 Å². The molecule has 0 saturated carbocycles. The summed E-state index contributed by atoms with van der Waals surface area (Å²) in [5, 5.41) is 0. The van der Waals surface area contributed by atoms with Crippen molar-refractivity contribution in [2.75, 3.05) is 19.6 Å². The van der Waals surface area contributed by atoms with Gasteiger partial charge in [-0.2, -0.15) is 4.98 Å². The molecule has 2 heterocycles. The number of methoxy groups -OCH3 is 1. The van der Waals surface area contributed by atoms with Crippen LogP contribution in [0.5, 0.6) is 5.88 Å². The molecule has 2 aromatic rings. The molecular formula is C14H20ClN3O2. The van der Waals surface area contributed by atoms with Crippen molar-refractivity contribution in [2.45, 2.75) is 32.9 Å². The predicted molar refractivity (Wildman–Crippen MR) is 79.6 cm³/mol. The third-order valence-electron chi connectivity index (χ3n) is 3.06. The van der Waals surface area contributed by atoms with Gasteiger partial charge in [-0.1, -0.05) is 0 Å². The molecule has 1 atom stereocenters. The first-order chi connectivity index (χ1) is 9.69. The molecule has 0 aliphatic heterocycles. The van der Waals surface area contributed by atoms with E-state index < -0.39 is 0 Å². The number of alkyl halides is 1. The average Bonchev–Trinajstić information content (AvgIpc) is 2.77. The zero-order valence-corrected chi connectivity index (χ0v) is 12.9. The monoisotopic (exact) mass is 297 g/mol. The maximum absolute atomic E-state index is 5.86.